The molecule has 0 unspecified atom stereocenters. The van der Waals surface area contributed by atoms with Crippen molar-refractivity contribution in [2.75, 3.05) is 18.4 Å². The van der Waals surface area contributed by atoms with Crippen LogP contribution in [0.5, 0.6) is 0 Å². The van der Waals surface area contributed by atoms with E-state index in [1.807, 2.05) is 0 Å². The van der Waals surface area contributed by atoms with Crippen LogP contribution in [0.3, 0.4) is 0 Å². The lowest BCUT2D eigenvalue weighted by atomic mass is 10.1. The lowest BCUT2D eigenvalue weighted by Gasteiger charge is -2.19. The summed E-state index contributed by atoms with van der Waals surface area (Å²) in [6.07, 6.45) is 0. The zero-order chi connectivity index (χ0) is 20.2. The molecule has 0 bridgehead atoms. The van der Waals surface area contributed by atoms with Gasteiger partial charge in [0.25, 0.3) is 5.91 Å². The molecule has 27 heavy (non-hydrogen) atoms. The van der Waals surface area contributed by atoms with Gasteiger partial charge in [0.2, 0.25) is 10.0 Å². The van der Waals surface area contributed by atoms with E-state index in [9.17, 15) is 18.0 Å². The summed E-state index contributed by atoms with van der Waals surface area (Å²) >= 11 is 6.06. The number of carbonyl (C=O) groups is 2. The molecule has 0 fully saturated rings. The third kappa shape index (κ3) is 4.65. The van der Waals surface area contributed by atoms with Crippen LogP contribution in [-0.4, -0.2) is 42.8 Å². The summed E-state index contributed by atoms with van der Waals surface area (Å²) in [6.45, 7) is 3.96. The molecule has 0 aliphatic heterocycles. The molecular weight excluding hydrogens is 392 g/mol. The Labute approximate surface area is 162 Å². The SMILES string of the molecule is CCN(CC)S(=O)(=O)c1cc(C(=O)Nc2cccc(C(=O)O)c2)ccc1Cl. The predicted molar refractivity (Wildman–Crippen MR) is 103 cm³/mol. The van der Waals surface area contributed by atoms with Gasteiger partial charge in [-0.2, -0.15) is 4.31 Å². The number of hydrogen-bond acceptors (Lipinski definition) is 4. The van der Waals surface area contributed by atoms with Crippen LogP contribution in [0.2, 0.25) is 5.02 Å². The first kappa shape index (κ1) is 20.9. The fourth-order valence-electron chi connectivity index (χ4n) is 2.48. The van der Waals surface area contributed by atoms with Crippen LogP contribution in [0, 0.1) is 0 Å². The second-order valence-electron chi connectivity index (χ2n) is 5.57. The molecule has 2 N–H and O–H groups in total. The van der Waals surface area contributed by atoms with Crippen molar-refractivity contribution < 1.29 is 23.1 Å². The highest BCUT2D eigenvalue weighted by atomic mass is 35.5. The number of benzene rings is 2. The number of nitrogens with one attached hydrogen (secondary N) is 1. The number of hydrogen-bond donors (Lipinski definition) is 2. The van der Waals surface area contributed by atoms with E-state index in [0.717, 1.165) is 0 Å². The standard InChI is InChI=1S/C18H19ClN2O5S/c1-3-21(4-2)27(25,26)16-11-12(8-9-15(16)19)17(22)20-14-7-5-6-13(10-14)18(23)24/h5-11H,3-4H2,1-2H3,(H,20,22)(H,23,24). The Balaban J connectivity index is 2.36. The Hall–Kier alpha value is -2.42. The van der Waals surface area contributed by atoms with E-state index >= 15 is 0 Å². The Kier molecular flexibility index (Phi) is 6.59. The lowest BCUT2D eigenvalue weighted by molar-refractivity contribution is 0.0696. The van der Waals surface area contributed by atoms with Crippen molar-refractivity contribution in [3.63, 3.8) is 0 Å². The Bertz CT molecular complexity index is 971. The summed E-state index contributed by atoms with van der Waals surface area (Å²) in [5.74, 6) is -1.70. The van der Waals surface area contributed by atoms with Crippen molar-refractivity contribution in [2.45, 2.75) is 18.7 Å². The molecule has 0 saturated carbocycles. The number of rotatable bonds is 7. The van der Waals surface area contributed by atoms with E-state index in [4.69, 9.17) is 16.7 Å². The smallest absolute Gasteiger partial charge is 0.335 e. The van der Waals surface area contributed by atoms with Crippen molar-refractivity contribution in [1.82, 2.24) is 4.31 Å². The van der Waals surface area contributed by atoms with Crippen LogP contribution in [-0.2, 0) is 10.0 Å². The zero-order valence-electron chi connectivity index (χ0n) is 14.8. The van der Waals surface area contributed by atoms with Gasteiger partial charge in [0, 0.05) is 24.3 Å². The minimum absolute atomic E-state index is 0.0197. The van der Waals surface area contributed by atoms with Crippen molar-refractivity contribution in [1.29, 1.82) is 0 Å². The number of anilines is 1. The maximum absolute atomic E-state index is 12.7. The van der Waals surface area contributed by atoms with Gasteiger partial charge in [-0.25, -0.2) is 13.2 Å². The number of amides is 1. The fourth-order valence-corrected chi connectivity index (χ4v) is 4.44. The number of halogens is 1. The molecule has 0 aromatic heterocycles. The first-order valence-electron chi connectivity index (χ1n) is 8.15. The molecule has 0 heterocycles. The highest BCUT2D eigenvalue weighted by Gasteiger charge is 2.25. The van der Waals surface area contributed by atoms with Gasteiger partial charge in [-0.3, -0.25) is 4.79 Å². The van der Waals surface area contributed by atoms with E-state index in [0.29, 0.717) is 0 Å². The van der Waals surface area contributed by atoms with E-state index in [-0.39, 0.29) is 39.8 Å². The van der Waals surface area contributed by atoms with E-state index in [1.54, 1.807) is 13.8 Å². The van der Waals surface area contributed by atoms with Crippen molar-refractivity contribution >= 4 is 39.2 Å². The molecule has 2 aromatic rings. The normalized spacial score (nSPS) is 11.4. The summed E-state index contributed by atoms with van der Waals surface area (Å²) in [7, 11) is -3.84. The van der Waals surface area contributed by atoms with Crippen LogP contribution < -0.4 is 5.32 Å². The number of carboxylic acids is 1. The van der Waals surface area contributed by atoms with Crippen molar-refractivity contribution in [2.24, 2.45) is 0 Å². The Morgan fingerprint density at radius 2 is 1.74 bits per heavy atom. The van der Waals surface area contributed by atoms with Crippen LogP contribution in [0.25, 0.3) is 0 Å². The fraction of sp³-hybridized carbons (Fsp3) is 0.222. The molecule has 9 heteroatoms. The summed E-state index contributed by atoms with van der Waals surface area (Å²) in [5, 5.41) is 11.6. The van der Waals surface area contributed by atoms with Crippen LogP contribution >= 0.6 is 11.6 Å². The first-order valence-corrected chi connectivity index (χ1v) is 9.96. The molecule has 144 valence electrons. The van der Waals surface area contributed by atoms with Crippen molar-refractivity contribution in [3.05, 3.63) is 58.6 Å². The van der Waals surface area contributed by atoms with Crippen LogP contribution in [0.15, 0.2) is 47.4 Å². The topological polar surface area (TPSA) is 104 Å². The lowest BCUT2D eigenvalue weighted by Crippen LogP contribution is -2.31. The zero-order valence-corrected chi connectivity index (χ0v) is 16.3. The second kappa shape index (κ2) is 8.51. The monoisotopic (exact) mass is 410 g/mol. The molecule has 0 aliphatic rings. The average Bonchev–Trinajstić information content (AvgIpc) is 2.62. The average molecular weight is 411 g/mol. The first-order chi connectivity index (χ1) is 12.7. The predicted octanol–water partition coefficient (Wildman–Crippen LogP) is 3.32. The molecule has 0 aliphatic carbocycles. The number of carboxylic acid groups (broad SMARTS) is 1. The molecule has 0 radical (unpaired) electrons. The quantitative estimate of drug-likeness (QED) is 0.728. The maximum atomic E-state index is 12.7. The van der Waals surface area contributed by atoms with Crippen LogP contribution in [0.4, 0.5) is 5.69 Å². The van der Waals surface area contributed by atoms with Gasteiger partial charge in [0.1, 0.15) is 4.90 Å². The molecule has 0 spiro atoms. The van der Waals surface area contributed by atoms with Crippen molar-refractivity contribution in [3.8, 4) is 0 Å². The number of nitrogens with zero attached hydrogens (tertiary/aromatic N) is 1. The maximum Gasteiger partial charge on any atom is 0.335 e. The van der Waals surface area contributed by atoms with E-state index in [2.05, 4.69) is 5.32 Å². The summed E-state index contributed by atoms with van der Waals surface area (Å²) in [4.78, 5) is 23.4. The van der Waals surface area contributed by atoms with Gasteiger partial charge < -0.3 is 10.4 Å². The number of sulfonamides is 1. The van der Waals surface area contributed by atoms with Gasteiger partial charge in [-0.1, -0.05) is 31.5 Å². The largest absolute Gasteiger partial charge is 0.478 e. The Morgan fingerprint density at radius 1 is 1.07 bits per heavy atom. The molecule has 1 amide bonds. The van der Waals surface area contributed by atoms with Gasteiger partial charge in [0.05, 0.1) is 10.6 Å². The van der Waals surface area contributed by atoms with Gasteiger partial charge in [-0.15, -0.1) is 0 Å². The minimum atomic E-state index is -3.84. The van der Waals surface area contributed by atoms with Gasteiger partial charge in [0.15, 0.2) is 0 Å². The third-order valence-corrected chi connectivity index (χ3v) is 6.42. The van der Waals surface area contributed by atoms with Crippen LogP contribution in [0.1, 0.15) is 34.6 Å². The highest BCUT2D eigenvalue weighted by Crippen LogP contribution is 2.26. The van der Waals surface area contributed by atoms with E-state index < -0.39 is 21.9 Å². The van der Waals surface area contributed by atoms with E-state index in [1.165, 1.54) is 46.8 Å². The third-order valence-electron chi connectivity index (χ3n) is 3.88. The van der Waals surface area contributed by atoms with Gasteiger partial charge in [-0.05, 0) is 36.4 Å². The second-order valence-corrected chi connectivity index (χ2v) is 7.89. The summed E-state index contributed by atoms with van der Waals surface area (Å²) in [5.41, 5.74) is 0.391. The molecule has 0 atom stereocenters. The van der Waals surface area contributed by atoms with Gasteiger partial charge >= 0.3 is 5.97 Å². The number of aromatic carboxylic acids is 1. The molecule has 0 saturated heterocycles. The number of carbonyl (C=O) groups excluding carboxylic acids is 1. The Morgan fingerprint density at radius 3 is 2.33 bits per heavy atom. The summed E-state index contributed by atoms with van der Waals surface area (Å²) < 4.78 is 26.7. The minimum Gasteiger partial charge on any atom is -0.478 e. The highest BCUT2D eigenvalue weighted by molar-refractivity contribution is 7.89. The summed E-state index contributed by atoms with van der Waals surface area (Å²) in [6, 6.07) is 9.70. The molecule has 2 aromatic carbocycles. The molecule has 7 nitrogen and oxygen atoms in total. The molecular formula is C18H19ClN2O5S. The molecule has 2 rings (SSSR count).